The minimum absolute atomic E-state index is 0.317. The maximum absolute atomic E-state index is 11.3. The van der Waals surface area contributed by atoms with Crippen molar-refractivity contribution in [2.45, 2.75) is 18.4 Å². The molecule has 0 aliphatic carbocycles. The molecule has 2 rings (SSSR count). The Kier molecular flexibility index (Phi) is 3.38. The third-order valence-corrected chi connectivity index (χ3v) is 3.66. The molecule has 0 saturated carbocycles. The smallest absolute Gasteiger partial charge is 0.175 e. The fraction of sp³-hybridized carbons (Fsp3) is 0.250. The summed E-state index contributed by atoms with van der Waals surface area (Å²) in [7, 11) is -3.14. The van der Waals surface area contributed by atoms with Crippen LogP contribution in [0.25, 0.3) is 0 Å². The summed E-state index contributed by atoms with van der Waals surface area (Å²) in [6.07, 6.45) is 4.82. The van der Waals surface area contributed by atoms with Crippen LogP contribution in [0.3, 0.4) is 0 Å². The Morgan fingerprint density at radius 3 is 2.39 bits per heavy atom. The summed E-state index contributed by atoms with van der Waals surface area (Å²) in [5.41, 5.74) is 1.71. The van der Waals surface area contributed by atoms with Crippen molar-refractivity contribution in [2.24, 2.45) is 0 Å². The number of anilines is 2. The van der Waals surface area contributed by atoms with Crippen LogP contribution < -0.4 is 5.32 Å². The molecule has 5 nitrogen and oxygen atoms in total. The number of sulfone groups is 1. The van der Waals surface area contributed by atoms with Crippen LogP contribution in [0.4, 0.5) is 11.4 Å². The molecule has 0 aliphatic rings. The Hall–Kier alpha value is -1.82. The lowest BCUT2D eigenvalue weighted by molar-refractivity contribution is 0.602. The highest BCUT2D eigenvalue weighted by Gasteiger charge is 2.06. The van der Waals surface area contributed by atoms with Gasteiger partial charge in [-0.1, -0.05) is 0 Å². The summed E-state index contributed by atoms with van der Waals surface area (Å²) in [5, 5.41) is 7.31. The summed E-state index contributed by atoms with van der Waals surface area (Å²) < 4.78 is 24.4. The van der Waals surface area contributed by atoms with E-state index < -0.39 is 9.84 Å². The first-order valence-electron chi connectivity index (χ1n) is 5.58. The molecule has 0 fully saturated rings. The molecule has 18 heavy (non-hydrogen) atoms. The van der Waals surface area contributed by atoms with Crippen molar-refractivity contribution in [1.82, 2.24) is 9.78 Å². The van der Waals surface area contributed by atoms with Crippen molar-refractivity contribution in [1.29, 1.82) is 0 Å². The fourth-order valence-electron chi connectivity index (χ4n) is 1.55. The van der Waals surface area contributed by atoms with Gasteiger partial charge in [0.05, 0.1) is 16.8 Å². The maximum atomic E-state index is 11.3. The van der Waals surface area contributed by atoms with Crippen LogP contribution in [0.5, 0.6) is 0 Å². The minimum Gasteiger partial charge on any atom is -0.353 e. The third-order valence-electron chi connectivity index (χ3n) is 2.53. The Morgan fingerprint density at radius 1 is 1.22 bits per heavy atom. The number of nitrogens with one attached hydrogen (secondary N) is 1. The molecule has 0 atom stereocenters. The van der Waals surface area contributed by atoms with E-state index in [2.05, 4.69) is 10.4 Å². The second kappa shape index (κ2) is 4.81. The van der Waals surface area contributed by atoms with Gasteiger partial charge >= 0.3 is 0 Å². The number of hydrogen-bond donors (Lipinski definition) is 1. The molecule has 0 aliphatic heterocycles. The molecule has 1 aromatic carbocycles. The number of hydrogen-bond acceptors (Lipinski definition) is 4. The quantitative estimate of drug-likeness (QED) is 0.919. The average molecular weight is 265 g/mol. The van der Waals surface area contributed by atoms with Crippen molar-refractivity contribution < 1.29 is 8.42 Å². The van der Waals surface area contributed by atoms with Gasteiger partial charge in [0.1, 0.15) is 0 Å². The van der Waals surface area contributed by atoms with E-state index in [4.69, 9.17) is 0 Å². The van der Waals surface area contributed by atoms with Gasteiger partial charge in [0.25, 0.3) is 0 Å². The monoisotopic (exact) mass is 265 g/mol. The van der Waals surface area contributed by atoms with Gasteiger partial charge in [0, 0.05) is 24.7 Å². The van der Waals surface area contributed by atoms with Crippen LogP contribution in [0.1, 0.15) is 6.92 Å². The number of aromatic nitrogens is 2. The number of aryl methyl sites for hydroxylation is 1. The predicted molar refractivity (Wildman–Crippen MR) is 70.7 cm³/mol. The van der Waals surface area contributed by atoms with E-state index in [-0.39, 0.29) is 0 Å². The second-order valence-corrected chi connectivity index (χ2v) is 6.02. The first-order chi connectivity index (χ1) is 8.49. The molecule has 1 heterocycles. The highest BCUT2D eigenvalue weighted by atomic mass is 32.2. The van der Waals surface area contributed by atoms with Crippen molar-refractivity contribution in [3.8, 4) is 0 Å². The van der Waals surface area contributed by atoms with Crippen LogP contribution in [-0.4, -0.2) is 24.5 Å². The zero-order valence-corrected chi connectivity index (χ0v) is 11.1. The Bertz CT molecular complexity index is 630. The van der Waals surface area contributed by atoms with Crippen molar-refractivity contribution >= 4 is 21.2 Å². The van der Waals surface area contributed by atoms with E-state index in [1.165, 1.54) is 6.26 Å². The van der Waals surface area contributed by atoms with Crippen molar-refractivity contribution in [3.63, 3.8) is 0 Å². The van der Waals surface area contributed by atoms with Crippen molar-refractivity contribution in [3.05, 3.63) is 36.7 Å². The molecule has 0 radical (unpaired) electrons. The van der Waals surface area contributed by atoms with Gasteiger partial charge in [-0.15, -0.1) is 0 Å². The highest BCUT2D eigenvalue weighted by Crippen LogP contribution is 2.18. The first kappa shape index (κ1) is 12.6. The summed E-state index contributed by atoms with van der Waals surface area (Å²) in [4.78, 5) is 0.317. The summed E-state index contributed by atoms with van der Waals surface area (Å²) >= 11 is 0. The molecule has 0 amide bonds. The molecule has 0 bridgehead atoms. The van der Waals surface area contributed by atoms with E-state index in [0.29, 0.717) is 4.90 Å². The van der Waals surface area contributed by atoms with Gasteiger partial charge in [-0.05, 0) is 31.2 Å². The Labute approximate surface area is 106 Å². The molecular weight excluding hydrogens is 250 g/mol. The molecule has 0 unspecified atom stereocenters. The molecular formula is C12H15N3O2S. The molecule has 6 heteroatoms. The van der Waals surface area contributed by atoms with E-state index in [1.54, 1.807) is 30.5 Å². The number of benzene rings is 1. The molecule has 1 N–H and O–H groups in total. The second-order valence-electron chi connectivity index (χ2n) is 4.01. The maximum Gasteiger partial charge on any atom is 0.175 e. The van der Waals surface area contributed by atoms with Crippen LogP contribution in [-0.2, 0) is 16.4 Å². The first-order valence-corrected chi connectivity index (χ1v) is 7.48. The lowest BCUT2D eigenvalue weighted by Gasteiger charge is -2.04. The zero-order chi connectivity index (χ0) is 13.2. The normalized spacial score (nSPS) is 11.4. The van der Waals surface area contributed by atoms with Gasteiger partial charge in [-0.3, -0.25) is 4.68 Å². The lowest BCUT2D eigenvalue weighted by Crippen LogP contribution is -1.97. The van der Waals surface area contributed by atoms with Gasteiger partial charge in [0.2, 0.25) is 0 Å². The van der Waals surface area contributed by atoms with E-state index >= 15 is 0 Å². The van der Waals surface area contributed by atoms with Gasteiger partial charge in [-0.2, -0.15) is 5.10 Å². The van der Waals surface area contributed by atoms with E-state index in [1.807, 2.05) is 17.8 Å². The van der Waals surface area contributed by atoms with E-state index in [0.717, 1.165) is 17.9 Å². The van der Waals surface area contributed by atoms with Gasteiger partial charge in [-0.25, -0.2) is 8.42 Å². The van der Waals surface area contributed by atoms with E-state index in [9.17, 15) is 8.42 Å². The molecule has 96 valence electrons. The highest BCUT2D eigenvalue weighted by molar-refractivity contribution is 7.90. The summed E-state index contributed by atoms with van der Waals surface area (Å²) in [6.45, 7) is 2.83. The SMILES string of the molecule is CCn1cc(Nc2ccc(S(C)(=O)=O)cc2)cn1. The van der Waals surface area contributed by atoms with Crippen LogP contribution in [0.15, 0.2) is 41.6 Å². The Balaban J connectivity index is 2.15. The number of rotatable bonds is 4. The predicted octanol–water partition coefficient (Wildman–Crippen LogP) is 2.05. The average Bonchev–Trinajstić information content (AvgIpc) is 2.76. The topological polar surface area (TPSA) is 64.0 Å². The lowest BCUT2D eigenvalue weighted by atomic mass is 10.3. The number of nitrogens with zero attached hydrogens (tertiary/aromatic N) is 2. The molecule has 1 aromatic heterocycles. The molecule has 0 saturated heterocycles. The van der Waals surface area contributed by atoms with Gasteiger partial charge < -0.3 is 5.32 Å². The standard InChI is InChI=1S/C12H15N3O2S/c1-3-15-9-11(8-13-15)14-10-4-6-12(7-5-10)18(2,16)17/h4-9,14H,3H2,1-2H3. The molecule has 0 spiro atoms. The third kappa shape index (κ3) is 2.89. The minimum atomic E-state index is -3.14. The van der Waals surface area contributed by atoms with Crippen LogP contribution >= 0.6 is 0 Å². The molecule has 2 aromatic rings. The summed E-state index contributed by atoms with van der Waals surface area (Å²) in [5.74, 6) is 0. The summed E-state index contributed by atoms with van der Waals surface area (Å²) in [6, 6.07) is 6.64. The van der Waals surface area contributed by atoms with Crippen LogP contribution in [0, 0.1) is 0 Å². The fourth-order valence-corrected chi connectivity index (χ4v) is 2.18. The van der Waals surface area contributed by atoms with Crippen molar-refractivity contribution in [2.75, 3.05) is 11.6 Å². The largest absolute Gasteiger partial charge is 0.353 e. The van der Waals surface area contributed by atoms with Gasteiger partial charge in [0.15, 0.2) is 9.84 Å². The Morgan fingerprint density at radius 2 is 1.89 bits per heavy atom. The van der Waals surface area contributed by atoms with Crippen LogP contribution in [0.2, 0.25) is 0 Å². The zero-order valence-electron chi connectivity index (χ0n) is 10.3.